The van der Waals surface area contributed by atoms with Gasteiger partial charge in [0.2, 0.25) is 0 Å². The Morgan fingerprint density at radius 3 is 1.85 bits per heavy atom. The molecule has 0 aliphatic carbocycles. The van der Waals surface area contributed by atoms with Crippen LogP contribution >= 0.6 is 0 Å². The number of nitrogens with one attached hydrogen (secondary N) is 2. The third-order valence-electron chi connectivity index (χ3n) is 3.12. The zero-order chi connectivity index (χ0) is 20.9. The molecule has 0 radical (unpaired) electrons. The van der Waals surface area contributed by atoms with E-state index < -0.39 is 47.9 Å². The van der Waals surface area contributed by atoms with Crippen LogP contribution in [-0.2, 0) is 20.4 Å². The second-order valence-corrected chi connectivity index (χ2v) is 5.01. The molecule has 12 heteroatoms. The second kappa shape index (κ2) is 8.35. The molecule has 6 nitrogen and oxygen atoms in total. The highest BCUT2D eigenvalue weighted by Gasteiger charge is 2.64. The van der Waals surface area contributed by atoms with Gasteiger partial charge < -0.3 is 14.8 Å². The van der Waals surface area contributed by atoms with Gasteiger partial charge in [-0.25, -0.2) is 9.59 Å². The summed E-state index contributed by atoms with van der Waals surface area (Å²) in [7, 11) is 0. The van der Waals surface area contributed by atoms with Crippen molar-refractivity contribution >= 4 is 17.7 Å². The topological polar surface area (TPSA) is 76.7 Å². The average molecular weight is 402 g/mol. The molecular weight excluding hydrogens is 386 g/mol. The van der Waals surface area contributed by atoms with Gasteiger partial charge in [-0.3, -0.25) is 5.32 Å². The van der Waals surface area contributed by atoms with Crippen molar-refractivity contribution in [2.45, 2.75) is 31.9 Å². The van der Waals surface area contributed by atoms with Gasteiger partial charge in [0, 0.05) is 5.69 Å². The molecule has 1 rings (SSSR count). The minimum Gasteiger partial charge on any atom is -0.463 e. The SMILES string of the molecule is CCOC(=O)N[C@@](Nc1ccc(C(F)(F)F)cc1)(C(=O)OCC)C(F)(F)F. The lowest BCUT2D eigenvalue weighted by Gasteiger charge is -2.34. The fourth-order valence-electron chi connectivity index (χ4n) is 1.91. The number of anilines is 1. The molecule has 2 N–H and O–H groups in total. The maximum Gasteiger partial charge on any atom is 0.442 e. The number of carbonyl (C=O) groups is 2. The van der Waals surface area contributed by atoms with Crippen molar-refractivity contribution in [2.75, 3.05) is 18.5 Å². The number of halogens is 6. The van der Waals surface area contributed by atoms with Gasteiger partial charge in [-0.2, -0.15) is 26.3 Å². The summed E-state index contributed by atoms with van der Waals surface area (Å²) in [6.07, 6.45) is -11.7. The van der Waals surface area contributed by atoms with E-state index in [1.165, 1.54) is 19.2 Å². The fourth-order valence-corrected chi connectivity index (χ4v) is 1.91. The smallest absolute Gasteiger partial charge is 0.442 e. The van der Waals surface area contributed by atoms with Crippen LogP contribution in [0.1, 0.15) is 19.4 Å². The molecule has 1 aromatic rings. The minimum absolute atomic E-state index is 0.289. The largest absolute Gasteiger partial charge is 0.463 e. The monoisotopic (exact) mass is 402 g/mol. The predicted molar refractivity (Wildman–Crippen MR) is 80.6 cm³/mol. The van der Waals surface area contributed by atoms with Gasteiger partial charge >= 0.3 is 30.1 Å². The van der Waals surface area contributed by atoms with Crippen molar-refractivity contribution < 1.29 is 45.4 Å². The average Bonchev–Trinajstić information content (AvgIpc) is 2.53. The molecule has 0 spiro atoms. The van der Waals surface area contributed by atoms with Crippen LogP contribution in [0.2, 0.25) is 0 Å². The molecule has 0 heterocycles. The van der Waals surface area contributed by atoms with Crippen LogP contribution in [0.4, 0.5) is 36.8 Å². The molecule has 0 aliphatic rings. The first-order valence-electron chi connectivity index (χ1n) is 7.51. The van der Waals surface area contributed by atoms with Crippen LogP contribution < -0.4 is 10.6 Å². The zero-order valence-corrected chi connectivity index (χ0v) is 14.1. The number of hydrogen-bond donors (Lipinski definition) is 2. The maximum atomic E-state index is 13.7. The summed E-state index contributed by atoms with van der Waals surface area (Å²) in [4.78, 5) is 23.6. The first-order chi connectivity index (χ1) is 12.4. The normalized spacial score (nSPS) is 14.1. The highest BCUT2D eigenvalue weighted by molar-refractivity contribution is 5.89. The van der Waals surface area contributed by atoms with E-state index in [9.17, 15) is 35.9 Å². The molecule has 1 amide bonds. The van der Waals surface area contributed by atoms with Crippen molar-refractivity contribution in [1.29, 1.82) is 0 Å². The molecule has 0 saturated carbocycles. The molecule has 152 valence electrons. The van der Waals surface area contributed by atoms with Gasteiger partial charge in [-0.15, -0.1) is 0 Å². The number of carbonyl (C=O) groups excluding carboxylic acids is 2. The zero-order valence-electron chi connectivity index (χ0n) is 14.1. The molecule has 0 aliphatic heterocycles. The molecule has 0 bridgehead atoms. The quantitative estimate of drug-likeness (QED) is 0.431. The molecule has 0 saturated heterocycles. The maximum absolute atomic E-state index is 13.7. The molecular formula is C15H16F6N2O4. The van der Waals surface area contributed by atoms with E-state index in [1.54, 1.807) is 5.32 Å². The van der Waals surface area contributed by atoms with Crippen molar-refractivity contribution in [3.63, 3.8) is 0 Å². The molecule has 1 atom stereocenters. The number of alkyl halides is 6. The van der Waals surface area contributed by atoms with Crippen molar-refractivity contribution in [3.8, 4) is 0 Å². The number of benzene rings is 1. The molecule has 27 heavy (non-hydrogen) atoms. The molecule has 0 unspecified atom stereocenters. The van der Waals surface area contributed by atoms with E-state index >= 15 is 0 Å². The van der Waals surface area contributed by atoms with Crippen molar-refractivity contribution in [1.82, 2.24) is 5.32 Å². The third kappa shape index (κ3) is 5.41. The Balaban J connectivity index is 3.34. The molecule has 0 aromatic heterocycles. The summed E-state index contributed by atoms with van der Waals surface area (Å²) in [5.41, 5.74) is -5.40. The van der Waals surface area contributed by atoms with Gasteiger partial charge in [0.15, 0.2) is 0 Å². The van der Waals surface area contributed by atoms with Crippen LogP contribution in [0.15, 0.2) is 24.3 Å². The van der Waals surface area contributed by atoms with E-state index in [2.05, 4.69) is 9.47 Å². The van der Waals surface area contributed by atoms with Crippen LogP contribution in [-0.4, -0.2) is 37.1 Å². The van der Waals surface area contributed by atoms with Crippen LogP contribution in [0.25, 0.3) is 0 Å². The van der Waals surface area contributed by atoms with E-state index in [4.69, 9.17) is 0 Å². The van der Waals surface area contributed by atoms with Gasteiger partial charge in [0.1, 0.15) is 0 Å². The molecule has 0 fully saturated rings. The Kier molecular flexibility index (Phi) is 6.93. The lowest BCUT2D eigenvalue weighted by molar-refractivity contribution is -0.205. The number of alkyl carbamates (subject to hydrolysis) is 1. The first kappa shape index (κ1) is 22.4. The fraction of sp³-hybridized carbons (Fsp3) is 0.467. The Morgan fingerprint density at radius 1 is 0.926 bits per heavy atom. The van der Waals surface area contributed by atoms with Gasteiger partial charge in [0.05, 0.1) is 18.8 Å². The van der Waals surface area contributed by atoms with E-state index in [1.807, 2.05) is 0 Å². The Morgan fingerprint density at radius 2 is 1.44 bits per heavy atom. The second-order valence-electron chi connectivity index (χ2n) is 5.01. The number of hydrogen-bond acceptors (Lipinski definition) is 5. The predicted octanol–water partition coefficient (Wildman–Crippen LogP) is 3.69. The Labute approximate surface area is 149 Å². The number of esters is 1. The van der Waals surface area contributed by atoms with E-state index in [-0.39, 0.29) is 6.61 Å². The van der Waals surface area contributed by atoms with E-state index in [0.29, 0.717) is 24.3 Å². The third-order valence-corrected chi connectivity index (χ3v) is 3.12. The summed E-state index contributed by atoms with van der Waals surface area (Å²) in [6.45, 7) is 1.82. The minimum atomic E-state index is -5.42. The van der Waals surface area contributed by atoms with Crippen LogP contribution in [0.3, 0.4) is 0 Å². The van der Waals surface area contributed by atoms with Crippen LogP contribution in [0, 0.1) is 0 Å². The number of ether oxygens (including phenoxy) is 2. The summed E-state index contributed by atoms with van der Waals surface area (Å²) in [5.74, 6) is -1.91. The highest BCUT2D eigenvalue weighted by atomic mass is 19.4. The Bertz CT molecular complexity index is 660. The van der Waals surface area contributed by atoms with Crippen molar-refractivity contribution in [3.05, 3.63) is 29.8 Å². The lowest BCUT2D eigenvalue weighted by Crippen LogP contribution is -2.69. The van der Waals surface area contributed by atoms with Gasteiger partial charge in [-0.1, -0.05) is 0 Å². The summed E-state index contributed by atoms with van der Waals surface area (Å²) in [5, 5.41) is 3.06. The summed E-state index contributed by atoms with van der Waals surface area (Å²) in [6, 6.07) is 2.38. The highest BCUT2D eigenvalue weighted by Crippen LogP contribution is 2.35. The molecule has 1 aromatic carbocycles. The summed E-state index contributed by atoms with van der Waals surface area (Å²) < 4.78 is 87.6. The van der Waals surface area contributed by atoms with Crippen LogP contribution in [0.5, 0.6) is 0 Å². The lowest BCUT2D eigenvalue weighted by atomic mass is 10.1. The number of rotatable bonds is 6. The summed E-state index contributed by atoms with van der Waals surface area (Å²) >= 11 is 0. The number of amides is 1. The van der Waals surface area contributed by atoms with Crippen molar-refractivity contribution in [2.24, 2.45) is 0 Å². The van der Waals surface area contributed by atoms with Gasteiger partial charge in [0.25, 0.3) is 0 Å². The Hall–Kier alpha value is -2.66. The standard InChI is InChI=1S/C15H16F6N2O4/c1-3-26-11(24)13(15(19,20)21,23-12(25)27-4-2)22-10-7-5-9(6-8-10)14(16,17)18/h5-8,22H,3-4H2,1-2H3,(H,23,25)/t13-/m0/s1. The first-order valence-corrected chi connectivity index (χ1v) is 7.51. The van der Waals surface area contributed by atoms with Gasteiger partial charge in [-0.05, 0) is 38.1 Å². The van der Waals surface area contributed by atoms with E-state index in [0.717, 1.165) is 0 Å².